The van der Waals surface area contributed by atoms with E-state index in [4.69, 9.17) is 9.31 Å². The molecular formula is C17H28BN3O2. The minimum absolute atomic E-state index is 0.0972. The molecule has 126 valence electrons. The number of pyridine rings is 1. The van der Waals surface area contributed by atoms with Gasteiger partial charge in [-0.1, -0.05) is 19.9 Å². The Bertz CT molecular complexity index is 503. The Morgan fingerprint density at radius 2 is 1.74 bits per heavy atom. The molecule has 6 heteroatoms. The Morgan fingerprint density at radius 3 is 2.26 bits per heavy atom. The summed E-state index contributed by atoms with van der Waals surface area (Å²) >= 11 is 0. The molecule has 0 atom stereocenters. The summed E-state index contributed by atoms with van der Waals surface area (Å²) in [4.78, 5) is 9.50. The maximum Gasteiger partial charge on any atom is 0.495 e. The highest BCUT2D eigenvalue weighted by atomic mass is 16.6. The molecular weight excluding hydrogens is 289 g/mol. The van der Waals surface area contributed by atoms with E-state index in [1.165, 1.54) is 0 Å². The number of piperazine rings is 1. The lowest BCUT2D eigenvalue weighted by atomic mass is 9.77. The molecule has 1 aromatic heterocycles. The van der Waals surface area contributed by atoms with Crippen molar-refractivity contribution >= 4 is 18.4 Å². The van der Waals surface area contributed by atoms with Crippen LogP contribution < -0.4 is 10.4 Å². The van der Waals surface area contributed by atoms with E-state index in [2.05, 4.69) is 54.6 Å². The highest BCUT2D eigenvalue weighted by Crippen LogP contribution is 2.21. The largest absolute Gasteiger partial charge is 0.495 e. The van der Waals surface area contributed by atoms with Crippen LogP contribution in [0.2, 0.25) is 0 Å². The second kappa shape index (κ2) is 6.79. The van der Waals surface area contributed by atoms with Crippen molar-refractivity contribution < 1.29 is 9.31 Å². The average molecular weight is 317 g/mol. The van der Waals surface area contributed by atoms with Gasteiger partial charge >= 0.3 is 7.12 Å². The molecule has 2 fully saturated rings. The van der Waals surface area contributed by atoms with Gasteiger partial charge in [-0.15, -0.1) is 0 Å². The molecule has 0 aromatic carbocycles. The summed E-state index contributed by atoms with van der Waals surface area (Å²) in [5.74, 6) is 1.05. The molecule has 23 heavy (non-hydrogen) atoms. The second-order valence-corrected chi connectivity index (χ2v) is 7.68. The molecule has 3 rings (SSSR count). The molecule has 2 aliphatic rings. The standard InChI is InChI=1S/C17H28BN3O2/c1-14(2)20-7-9-21(10-8-20)16-6-5-15(11-19-16)18-22-12-17(3,4)13-23-18/h5-6,11,14H,7-10,12-13H2,1-4H3. The van der Waals surface area contributed by atoms with E-state index in [0.717, 1.165) is 50.7 Å². The van der Waals surface area contributed by atoms with Gasteiger partial charge in [0.25, 0.3) is 0 Å². The summed E-state index contributed by atoms with van der Waals surface area (Å²) in [6.07, 6.45) is 1.90. The van der Waals surface area contributed by atoms with E-state index < -0.39 is 0 Å². The van der Waals surface area contributed by atoms with Crippen LogP contribution in [0.1, 0.15) is 27.7 Å². The molecule has 0 radical (unpaired) electrons. The van der Waals surface area contributed by atoms with Crippen LogP contribution >= 0.6 is 0 Å². The normalized spacial score (nSPS) is 22.7. The first-order valence-corrected chi connectivity index (χ1v) is 8.63. The van der Waals surface area contributed by atoms with Gasteiger partial charge in [0.15, 0.2) is 0 Å². The van der Waals surface area contributed by atoms with Crippen LogP contribution in [0, 0.1) is 5.41 Å². The summed E-state index contributed by atoms with van der Waals surface area (Å²) in [6, 6.07) is 4.80. The van der Waals surface area contributed by atoms with Gasteiger partial charge in [0.1, 0.15) is 5.82 Å². The van der Waals surface area contributed by atoms with Crippen LogP contribution in [0.25, 0.3) is 0 Å². The number of nitrogens with zero attached hydrogens (tertiary/aromatic N) is 3. The van der Waals surface area contributed by atoms with Crippen molar-refractivity contribution in [2.24, 2.45) is 5.41 Å². The van der Waals surface area contributed by atoms with Crippen LogP contribution in [-0.4, -0.2) is 62.4 Å². The Balaban J connectivity index is 1.58. The maximum absolute atomic E-state index is 5.82. The summed E-state index contributed by atoms with van der Waals surface area (Å²) in [7, 11) is -0.276. The highest BCUT2D eigenvalue weighted by Gasteiger charge is 2.33. The molecule has 0 aliphatic carbocycles. The van der Waals surface area contributed by atoms with Crippen LogP contribution in [-0.2, 0) is 9.31 Å². The van der Waals surface area contributed by atoms with E-state index >= 15 is 0 Å². The van der Waals surface area contributed by atoms with Gasteiger partial charge in [-0.2, -0.15) is 0 Å². The zero-order valence-electron chi connectivity index (χ0n) is 14.8. The molecule has 2 saturated heterocycles. The van der Waals surface area contributed by atoms with Crippen molar-refractivity contribution in [3.63, 3.8) is 0 Å². The molecule has 1 aromatic rings. The van der Waals surface area contributed by atoms with Gasteiger partial charge in [0.2, 0.25) is 0 Å². The molecule has 0 saturated carbocycles. The molecule has 0 amide bonds. The van der Waals surface area contributed by atoms with Crippen LogP contribution in [0.4, 0.5) is 5.82 Å². The Morgan fingerprint density at radius 1 is 1.09 bits per heavy atom. The third-order valence-corrected chi connectivity index (χ3v) is 4.66. The lowest BCUT2D eigenvalue weighted by Gasteiger charge is -2.37. The fraction of sp³-hybridized carbons (Fsp3) is 0.706. The minimum Gasteiger partial charge on any atom is -0.407 e. The van der Waals surface area contributed by atoms with Crippen molar-refractivity contribution in [3.05, 3.63) is 18.3 Å². The predicted molar refractivity (Wildman–Crippen MR) is 94.2 cm³/mol. The summed E-state index contributed by atoms with van der Waals surface area (Å²) in [5, 5.41) is 0. The fourth-order valence-corrected chi connectivity index (χ4v) is 3.08. The molecule has 0 bridgehead atoms. The van der Waals surface area contributed by atoms with E-state index in [9.17, 15) is 0 Å². The first kappa shape index (κ1) is 16.7. The van der Waals surface area contributed by atoms with E-state index in [1.54, 1.807) is 0 Å². The molecule has 2 aliphatic heterocycles. The third-order valence-electron chi connectivity index (χ3n) is 4.66. The number of rotatable bonds is 3. The van der Waals surface area contributed by atoms with E-state index in [0.29, 0.717) is 6.04 Å². The first-order valence-electron chi connectivity index (χ1n) is 8.63. The topological polar surface area (TPSA) is 37.8 Å². The van der Waals surface area contributed by atoms with E-state index in [1.807, 2.05) is 6.20 Å². The third kappa shape index (κ3) is 4.05. The van der Waals surface area contributed by atoms with Gasteiger partial charge in [0, 0.05) is 62.5 Å². The predicted octanol–water partition coefficient (Wildman–Crippen LogP) is 1.38. The summed E-state index contributed by atoms with van der Waals surface area (Å²) < 4.78 is 11.6. The molecule has 5 nitrogen and oxygen atoms in total. The van der Waals surface area contributed by atoms with Crippen molar-refractivity contribution in [2.45, 2.75) is 33.7 Å². The number of hydrogen-bond acceptors (Lipinski definition) is 5. The zero-order valence-corrected chi connectivity index (χ0v) is 14.8. The monoisotopic (exact) mass is 317 g/mol. The van der Waals surface area contributed by atoms with Crippen LogP contribution in [0.5, 0.6) is 0 Å². The van der Waals surface area contributed by atoms with Crippen molar-refractivity contribution in [3.8, 4) is 0 Å². The molecule has 0 N–H and O–H groups in total. The van der Waals surface area contributed by atoms with Crippen molar-refractivity contribution in [2.75, 3.05) is 44.3 Å². The van der Waals surface area contributed by atoms with Crippen molar-refractivity contribution in [1.29, 1.82) is 0 Å². The van der Waals surface area contributed by atoms with Gasteiger partial charge in [-0.3, -0.25) is 4.90 Å². The average Bonchev–Trinajstić information content (AvgIpc) is 2.55. The smallest absolute Gasteiger partial charge is 0.407 e. The quantitative estimate of drug-likeness (QED) is 0.788. The fourth-order valence-electron chi connectivity index (χ4n) is 3.08. The van der Waals surface area contributed by atoms with Gasteiger partial charge < -0.3 is 14.2 Å². The Hall–Kier alpha value is -1.11. The Kier molecular flexibility index (Phi) is 4.94. The van der Waals surface area contributed by atoms with Crippen molar-refractivity contribution in [1.82, 2.24) is 9.88 Å². The highest BCUT2D eigenvalue weighted by molar-refractivity contribution is 6.61. The number of anilines is 1. The Labute approximate surface area is 140 Å². The lowest BCUT2D eigenvalue weighted by Crippen LogP contribution is -2.49. The van der Waals surface area contributed by atoms with Crippen LogP contribution in [0.15, 0.2) is 18.3 Å². The SMILES string of the molecule is CC(C)N1CCN(c2ccc(B3OCC(C)(C)CO3)cn2)CC1. The zero-order chi connectivity index (χ0) is 16.4. The molecule has 0 spiro atoms. The van der Waals surface area contributed by atoms with Crippen LogP contribution in [0.3, 0.4) is 0 Å². The van der Waals surface area contributed by atoms with E-state index in [-0.39, 0.29) is 12.5 Å². The van der Waals surface area contributed by atoms with Gasteiger partial charge in [-0.05, 0) is 19.9 Å². The number of aromatic nitrogens is 1. The number of hydrogen-bond donors (Lipinski definition) is 0. The maximum atomic E-state index is 5.82. The minimum atomic E-state index is -0.276. The molecule has 3 heterocycles. The molecule has 0 unspecified atom stereocenters. The van der Waals surface area contributed by atoms with Gasteiger partial charge in [0.05, 0.1) is 0 Å². The van der Waals surface area contributed by atoms with Gasteiger partial charge in [-0.25, -0.2) is 4.98 Å². The summed E-state index contributed by atoms with van der Waals surface area (Å²) in [6.45, 7) is 14.5. The lowest BCUT2D eigenvalue weighted by molar-refractivity contribution is 0.0343. The second-order valence-electron chi connectivity index (χ2n) is 7.68. The summed E-state index contributed by atoms with van der Waals surface area (Å²) in [5.41, 5.74) is 1.10. The first-order chi connectivity index (χ1) is 10.9.